The monoisotopic (exact) mass is 315 g/mol. The molecule has 0 amide bonds. The summed E-state index contributed by atoms with van der Waals surface area (Å²) in [7, 11) is 0. The lowest BCUT2D eigenvalue weighted by Crippen LogP contribution is -2.06. The van der Waals surface area contributed by atoms with Gasteiger partial charge < -0.3 is 5.73 Å². The normalized spacial score (nSPS) is 11.5. The molecule has 0 radical (unpaired) electrons. The average Bonchev–Trinajstić information content (AvgIpc) is 3.14. The second kappa shape index (κ2) is 4.88. The number of nitrogens with two attached hydrogens (primary N) is 1. The standard InChI is InChI=1S/C12H10ClN9/c13-1-4-21-10-7(5-17-21)11-18-9(8-6-15-2-3-16-8)20-22(11)12(14)19-10/h2-3,5-6H,1,4H2,(H2,14,19). The lowest BCUT2D eigenvalue weighted by molar-refractivity contribution is 0.680. The van der Waals surface area contributed by atoms with E-state index in [-0.39, 0.29) is 5.95 Å². The lowest BCUT2D eigenvalue weighted by atomic mass is 10.4. The van der Waals surface area contributed by atoms with Crippen molar-refractivity contribution in [3.63, 3.8) is 0 Å². The van der Waals surface area contributed by atoms with Crippen molar-refractivity contribution in [2.24, 2.45) is 0 Å². The maximum Gasteiger partial charge on any atom is 0.225 e. The summed E-state index contributed by atoms with van der Waals surface area (Å²) in [5.74, 6) is 1.09. The number of fused-ring (bicyclic) bond motifs is 3. The molecular formula is C12H10ClN9. The minimum absolute atomic E-state index is 0.224. The highest BCUT2D eigenvalue weighted by molar-refractivity contribution is 6.17. The Labute approximate surface area is 128 Å². The minimum atomic E-state index is 0.224. The quantitative estimate of drug-likeness (QED) is 0.555. The van der Waals surface area contributed by atoms with Crippen LogP contribution in [-0.4, -0.2) is 45.2 Å². The van der Waals surface area contributed by atoms with Gasteiger partial charge in [-0.3, -0.25) is 4.98 Å². The fourth-order valence-electron chi connectivity index (χ4n) is 2.22. The van der Waals surface area contributed by atoms with E-state index < -0.39 is 0 Å². The molecule has 110 valence electrons. The number of aromatic nitrogens is 8. The first-order chi connectivity index (χ1) is 10.8. The first kappa shape index (κ1) is 12.9. The highest BCUT2D eigenvalue weighted by Crippen LogP contribution is 2.21. The molecule has 0 aromatic carbocycles. The molecule has 4 aromatic rings. The van der Waals surface area contributed by atoms with Gasteiger partial charge in [-0.15, -0.1) is 16.7 Å². The largest absolute Gasteiger partial charge is 0.368 e. The van der Waals surface area contributed by atoms with Gasteiger partial charge >= 0.3 is 0 Å². The fraction of sp³-hybridized carbons (Fsp3) is 0.167. The molecule has 0 unspecified atom stereocenters. The number of alkyl halides is 1. The van der Waals surface area contributed by atoms with Crippen molar-refractivity contribution in [1.29, 1.82) is 0 Å². The Hall–Kier alpha value is -2.81. The van der Waals surface area contributed by atoms with Crippen LogP contribution in [0, 0.1) is 0 Å². The number of halogens is 1. The minimum Gasteiger partial charge on any atom is -0.368 e. The van der Waals surface area contributed by atoms with Gasteiger partial charge in [0.05, 0.1) is 24.3 Å². The van der Waals surface area contributed by atoms with E-state index in [0.29, 0.717) is 35.2 Å². The Kier molecular flexibility index (Phi) is 2.86. The molecule has 2 N–H and O–H groups in total. The third kappa shape index (κ3) is 1.86. The second-order valence-corrected chi connectivity index (χ2v) is 4.90. The fourth-order valence-corrected chi connectivity index (χ4v) is 2.38. The summed E-state index contributed by atoms with van der Waals surface area (Å²) in [5, 5.41) is 9.36. The number of hydrogen-bond donors (Lipinski definition) is 1. The molecule has 0 spiro atoms. The summed E-state index contributed by atoms with van der Waals surface area (Å²) in [6, 6.07) is 0. The van der Waals surface area contributed by atoms with E-state index >= 15 is 0 Å². The van der Waals surface area contributed by atoms with Crippen molar-refractivity contribution in [2.45, 2.75) is 6.54 Å². The number of aryl methyl sites for hydroxylation is 1. The van der Waals surface area contributed by atoms with Crippen molar-refractivity contribution in [1.82, 2.24) is 39.3 Å². The van der Waals surface area contributed by atoms with Gasteiger partial charge in [0, 0.05) is 18.3 Å². The van der Waals surface area contributed by atoms with Gasteiger partial charge in [0.1, 0.15) is 5.69 Å². The van der Waals surface area contributed by atoms with Gasteiger partial charge in [0.2, 0.25) is 11.8 Å². The maximum atomic E-state index is 5.98. The zero-order chi connectivity index (χ0) is 15.1. The zero-order valence-corrected chi connectivity index (χ0v) is 12.0. The summed E-state index contributed by atoms with van der Waals surface area (Å²) in [5.41, 5.74) is 7.74. The highest BCUT2D eigenvalue weighted by atomic mass is 35.5. The van der Waals surface area contributed by atoms with E-state index in [1.807, 2.05) is 0 Å². The predicted octanol–water partition coefficient (Wildman–Crippen LogP) is 0.752. The molecule has 22 heavy (non-hydrogen) atoms. The topological polar surface area (TPSA) is 113 Å². The molecule has 0 aliphatic heterocycles. The summed E-state index contributed by atoms with van der Waals surface area (Å²) in [6.07, 6.45) is 6.44. The van der Waals surface area contributed by atoms with Gasteiger partial charge in [-0.25, -0.2) is 14.6 Å². The van der Waals surface area contributed by atoms with Crippen LogP contribution in [0.2, 0.25) is 0 Å². The Morgan fingerprint density at radius 2 is 2.05 bits per heavy atom. The number of nitrogens with zero attached hydrogens (tertiary/aromatic N) is 8. The molecule has 4 aromatic heterocycles. The SMILES string of the molecule is Nc1nc2c(cnn2CCCl)c2nc(-c3cnccn3)nn12. The molecule has 0 atom stereocenters. The summed E-state index contributed by atoms with van der Waals surface area (Å²) in [4.78, 5) is 17.0. The zero-order valence-electron chi connectivity index (χ0n) is 11.3. The molecule has 0 saturated carbocycles. The lowest BCUT2D eigenvalue weighted by Gasteiger charge is -2.01. The molecule has 0 bridgehead atoms. The summed E-state index contributed by atoms with van der Waals surface area (Å²) >= 11 is 5.77. The van der Waals surface area contributed by atoms with Crippen molar-refractivity contribution in [3.05, 3.63) is 24.8 Å². The predicted molar refractivity (Wildman–Crippen MR) is 80.2 cm³/mol. The van der Waals surface area contributed by atoms with Crippen LogP contribution in [-0.2, 0) is 6.54 Å². The van der Waals surface area contributed by atoms with Crippen LogP contribution in [0.4, 0.5) is 5.95 Å². The number of hydrogen-bond acceptors (Lipinski definition) is 7. The maximum absolute atomic E-state index is 5.98. The molecule has 0 aliphatic rings. The van der Waals surface area contributed by atoms with Gasteiger partial charge in [0.25, 0.3) is 0 Å². The van der Waals surface area contributed by atoms with E-state index in [4.69, 9.17) is 17.3 Å². The van der Waals surface area contributed by atoms with E-state index in [9.17, 15) is 0 Å². The van der Waals surface area contributed by atoms with E-state index in [0.717, 1.165) is 5.39 Å². The third-order valence-electron chi connectivity index (χ3n) is 3.19. The molecular weight excluding hydrogens is 306 g/mol. The van der Waals surface area contributed by atoms with E-state index in [1.165, 1.54) is 4.52 Å². The molecule has 9 nitrogen and oxygen atoms in total. The van der Waals surface area contributed by atoms with Crippen LogP contribution in [0.15, 0.2) is 24.8 Å². The molecule has 0 aliphatic carbocycles. The Morgan fingerprint density at radius 1 is 1.14 bits per heavy atom. The summed E-state index contributed by atoms with van der Waals surface area (Å²) < 4.78 is 3.16. The highest BCUT2D eigenvalue weighted by Gasteiger charge is 2.16. The van der Waals surface area contributed by atoms with Gasteiger partial charge in [0.15, 0.2) is 11.3 Å². The van der Waals surface area contributed by atoms with Gasteiger partial charge in [-0.05, 0) is 0 Å². The first-order valence-corrected chi connectivity index (χ1v) is 7.01. The molecule has 0 fully saturated rings. The van der Waals surface area contributed by atoms with Crippen molar-refractivity contribution in [2.75, 3.05) is 11.6 Å². The van der Waals surface area contributed by atoms with Gasteiger partial charge in [-0.2, -0.15) is 14.6 Å². The van der Waals surface area contributed by atoms with Crippen molar-refractivity contribution < 1.29 is 0 Å². The molecule has 0 saturated heterocycles. The van der Waals surface area contributed by atoms with Crippen molar-refractivity contribution in [3.8, 4) is 11.5 Å². The molecule has 10 heteroatoms. The number of rotatable bonds is 3. The van der Waals surface area contributed by atoms with E-state index in [1.54, 1.807) is 29.5 Å². The van der Waals surface area contributed by atoms with Crippen LogP contribution in [0.1, 0.15) is 0 Å². The van der Waals surface area contributed by atoms with Crippen LogP contribution in [0.25, 0.3) is 28.2 Å². The van der Waals surface area contributed by atoms with Gasteiger partial charge in [-0.1, -0.05) is 0 Å². The smallest absolute Gasteiger partial charge is 0.225 e. The second-order valence-electron chi connectivity index (χ2n) is 4.53. The molecule has 4 rings (SSSR count). The Balaban J connectivity index is 1.99. The average molecular weight is 316 g/mol. The van der Waals surface area contributed by atoms with E-state index in [2.05, 4.69) is 30.1 Å². The Bertz CT molecular complexity index is 959. The van der Waals surface area contributed by atoms with Crippen LogP contribution in [0.5, 0.6) is 0 Å². The Morgan fingerprint density at radius 3 is 2.82 bits per heavy atom. The van der Waals surface area contributed by atoms with Crippen LogP contribution in [0.3, 0.4) is 0 Å². The number of anilines is 1. The number of nitrogen functional groups attached to an aromatic ring is 1. The summed E-state index contributed by atoms with van der Waals surface area (Å²) in [6.45, 7) is 0.540. The van der Waals surface area contributed by atoms with Crippen LogP contribution >= 0.6 is 11.6 Å². The van der Waals surface area contributed by atoms with Crippen LogP contribution < -0.4 is 5.73 Å². The third-order valence-corrected chi connectivity index (χ3v) is 3.35. The first-order valence-electron chi connectivity index (χ1n) is 6.48. The van der Waals surface area contributed by atoms with Crippen molar-refractivity contribution >= 4 is 34.2 Å². The molecule has 4 heterocycles.